The van der Waals surface area contributed by atoms with E-state index in [1.165, 1.54) is 16.9 Å². The average molecular weight is 374 g/mol. The van der Waals surface area contributed by atoms with Gasteiger partial charge in [0.15, 0.2) is 0 Å². The summed E-state index contributed by atoms with van der Waals surface area (Å²) in [5.74, 6) is 0.733. The zero-order valence-corrected chi connectivity index (χ0v) is 15.7. The van der Waals surface area contributed by atoms with Gasteiger partial charge in [0.25, 0.3) is 5.91 Å². The van der Waals surface area contributed by atoms with Crippen LogP contribution < -0.4 is 4.90 Å². The molecule has 0 unspecified atom stereocenters. The van der Waals surface area contributed by atoms with Crippen LogP contribution in [0, 0.1) is 6.92 Å². The van der Waals surface area contributed by atoms with Crippen molar-refractivity contribution in [1.82, 2.24) is 14.5 Å². The van der Waals surface area contributed by atoms with E-state index in [0.29, 0.717) is 11.4 Å². The van der Waals surface area contributed by atoms with Gasteiger partial charge in [-0.25, -0.2) is 9.97 Å². The van der Waals surface area contributed by atoms with Crippen molar-refractivity contribution in [1.29, 1.82) is 0 Å². The highest BCUT2D eigenvalue weighted by Crippen LogP contribution is 2.30. The van der Waals surface area contributed by atoms with Gasteiger partial charge < -0.3 is 4.57 Å². The number of carbonyl (C=O) groups excluding carboxylic acids is 1. The summed E-state index contributed by atoms with van der Waals surface area (Å²) in [5.41, 5.74) is 4.00. The number of imidazole rings is 1. The molecule has 3 heterocycles. The number of hydrogen-bond donors (Lipinski definition) is 0. The Bertz CT molecular complexity index is 1150. The van der Waals surface area contributed by atoms with Crippen molar-refractivity contribution < 1.29 is 4.79 Å². The second-order valence-corrected chi connectivity index (χ2v) is 7.78. The summed E-state index contributed by atoms with van der Waals surface area (Å²) in [5, 5.41) is 0.967. The number of carbonyl (C=O) groups is 1. The van der Waals surface area contributed by atoms with Gasteiger partial charge in [0.1, 0.15) is 4.88 Å². The van der Waals surface area contributed by atoms with Gasteiger partial charge in [-0.15, -0.1) is 11.3 Å². The molecule has 1 aliphatic rings. The summed E-state index contributed by atoms with van der Waals surface area (Å²) in [6, 6.07) is 18.2. The molecule has 1 aliphatic heterocycles. The molecule has 0 saturated heterocycles. The minimum atomic E-state index is -0.00151. The van der Waals surface area contributed by atoms with Crippen LogP contribution in [0.5, 0.6) is 0 Å². The lowest BCUT2D eigenvalue weighted by Gasteiger charge is -2.12. The number of anilines is 1. The number of thiazole rings is 1. The van der Waals surface area contributed by atoms with Crippen molar-refractivity contribution in [3.05, 3.63) is 75.7 Å². The van der Waals surface area contributed by atoms with Crippen LogP contribution in [-0.4, -0.2) is 27.0 Å². The molecule has 2 aromatic heterocycles. The topological polar surface area (TPSA) is 51.0 Å². The maximum absolute atomic E-state index is 13.2. The molecule has 27 heavy (non-hydrogen) atoms. The lowest BCUT2D eigenvalue weighted by Crippen LogP contribution is -2.29. The molecule has 0 atom stereocenters. The van der Waals surface area contributed by atoms with E-state index in [1.54, 1.807) is 4.90 Å². The number of nitrogens with zero attached hydrogens (tertiary/aromatic N) is 4. The SMILES string of the molecule is Cc1nc(Cc2ccccc2)sc1C(=O)N1CCn2c1nc1ccccc12. The monoisotopic (exact) mass is 374 g/mol. The van der Waals surface area contributed by atoms with Crippen molar-refractivity contribution in [2.75, 3.05) is 11.4 Å². The Hall–Kier alpha value is -2.99. The van der Waals surface area contributed by atoms with E-state index in [-0.39, 0.29) is 5.91 Å². The molecule has 0 radical (unpaired) electrons. The second-order valence-electron chi connectivity index (χ2n) is 6.69. The predicted octanol–water partition coefficient (Wildman–Crippen LogP) is 4.05. The lowest BCUT2D eigenvalue weighted by atomic mass is 10.2. The number of fused-ring (bicyclic) bond motifs is 3. The van der Waals surface area contributed by atoms with Crippen molar-refractivity contribution in [2.24, 2.45) is 0 Å². The van der Waals surface area contributed by atoms with E-state index in [1.807, 2.05) is 43.3 Å². The van der Waals surface area contributed by atoms with E-state index in [0.717, 1.165) is 40.6 Å². The molecule has 6 heteroatoms. The van der Waals surface area contributed by atoms with E-state index in [2.05, 4.69) is 32.7 Å². The Morgan fingerprint density at radius 3 is 2.67 bits per heavy atom. The molecule has 5 rings (SSSR count). The quantitative estimate of drug-likeness (QED) is 0.544. The number of rotatable bonds is 3. The Kier molecular flexibility index (Phi) is 3.79. The van der Waals surface area contributed by atoms with Gasteiger partial charge >= 0.3 is 0 Å². The summed E-state index contributed by atoms with van der Waals surface area (Å²) < 4.78 is 2.12. The summed E-state index contributed by atoms with van der Waals surface area (Å²) in [6.45, 7) is 3.34. The molecule has 4 aromatic rings. The van der Waals surface area contributed by atoms with Gasteiger partial charge in [-0.3, -0.25) is 9.69 Å². The second kappa shape index (κ2) is 6.32. The van der Waals surface area contributed by atoms with E-state index in [4.69, 9.17) is 0 Å². The first kappa shape index (κ1) is 16.2. The van der Waals surface area contributed by atoms with Crippen molar-refractivity contribution in [3.8, 4) is 0 Å². The third-order valence-corrected chi connectivity index (χ3v) is 6.05. The summed E-state index contributed by atoms with van der Waals surface area (Å²) in [4.78, 5) is 25.0. The summed E-state index contributed by atoms with van der Waals surface area (Å²) in [6.07, 6.45) is 0.748. The number of amides is 1. The molecule has 134 valence electrons. The first-order valence-corrected chi connectivity index (χ1v) is 9.80. The third-order valence-electron chi connectivity index (χ3n) is 4.90. The number of aryl methyl sites for hydroxylation is 1. The van der Waals surface area contributed by atoms with Gasteiger partial charge in [-0.2, -0.15) is 0 Å². The predicted molar refractivity (Wildman–Crippen MR) is 108 cm³/mol. The minimum absolute atomic E-state index is 0.00151. The first-order chi connectivity index (χ1) is 13.2. The summed E-state index contributed by atoms with van der Waals surface area (Å²) >= 11 is 1.49. The molecule has 0 aliphatic carbocycles. The molecule has 0 spiro atoms. The van der Waals surface area contributed by atoms with Gasteiger partial charge in [0.05, 0.1) is 21.7 Å². The highest BCUT2D eigenvalue weighted by Gasteiger charge is 2.31. The lowest BCUT2D eigenvalue weighted by molar-refractivity contribution is 0.0992. The largest absolute Gasteiger partial charge is 0.308 e. The molecular weight excluding hydrogens is 356 g/mol. The van der Waals surface area contributed by atoms with Crippen LogP contribution in [0.1, 0.15) is 25.9 Å². The van der Waals surface area contributed by atoms with Gasteiger partial charge in [0, 0.05) is 19.5 Å². The van der Waals surface area contributed by atoms with Crippen LogP contribution in [0.4, 0.5) is 5.95 Å². The van der Waals surface area contributed by atoms with Gasteiger partial charge in [0.2, 0.25) is 5.95 Å². The molecule has 0 bridgehead atoms. The Labute approximate surface area is 160 Å². The fourth-order valence-corrected chi connectivity index (χ4v) is 4.65. The Balaban J connectivity index is 1.46. The first-order valence-electron chi connectivity index (χ1n) is 8.98. The van der Waals surface area contributed by atoms with Crippen molar-refractivity contribution >= 4 is 34.2 Å². The van der Waals surface area contributed by atoms with E-state index in [9.17, 15) is 4.79 Å². The molecule has 1 amide bonds. The Morgan fingerprint density at radius 2 is 1.81 bits per heavy atom. The zero-order valence-electron chi connectivity index (χ0n) is 14.9. The van der Waals surface area contributed by atoms with Crippen LogP contribution in [0.15, 0.2) is 54.6 Å². The van der Waals surface area contributed by atoms with Crippen LogP contribution in [-0.2, 0) is 13.0 Å². The fourth-order valence-electron chi connectivity index (χ4n) is 3.60. The van der Waals surface area contributed by atoms with Gasteiger partial charge in [-0.1, -0.05) is 42.5 Å². The number of para-hydroxylation sites is 2. The van der Waals surface area contributed by atoms with E-state index >= 15 is 0 Å². The smallest absolute Gasteiger partial charge is 0.272 e. The standard InChI is InChI=1S/C21H18N4OS/c1-14-19(27-18(22-14)13-15-7-3-2-4-8-15)20(26)25-12-11-24-17-10-6-5-9-16(17)23-21(24)25/h2-10H,11-13H2,1H3. The molecule has 2 aromatic carbocycles. The number of hydrogen-bond acceptors (Lipinski definition) is 4. The molecular formula is C21H18N4OS. The van der Waals surface area contributed by atoms with Crippen molar-refractivity contribution in [3.63, 3.8) is 0 Å². The fraction of sp³-hybridized carbons (Fsp3) is 0.190. The normalized spacial score (nSPS) is 13.3. The zero-order chi connectivity index (χ0) is 18.4. The number of benzene rings is 2. The average Bonchev–Trinajstić information content (AvgIpc) is 3.35. The highest BCUT2D eigenvalue weighted by molar-refractivity contribution is 7.14. The van der Waals surface area contributed by atoms with Crippen LogP contribution in [0.25, 0.3) is 11.0 Å². The van der Waals surface area contributed by atoms with Gasteiger partial charge in [-0.05, 0) is 24.6 Å². The molecule has 0 saturated carbocycles. The van der Waals surface area contributed by atoms with Crippen LogP contribution in [0.2, 0.25) is 0 Å². The molecule has 0 N–H and O–H groups in total. The minimum Gasteiger partial charge on any atom is -0.308 e. The molecule has 5 nitrogen and oxygen atoms in total. The third kappa shape index (κ3) is 2.73. The highest BCUT2D eigenvalue weighted by atomic mass is 32.1. The van der Waals surface area contributed by atoms with E-state index < -0.39 is 0 Å². The Morgan fingerprint density at radius 1 is 1.04 bits per heavy atom. The van der Waals surface area contributed by atoms with Crippen LogP contribution >= 0.6 is 11.3 Å². The number of aromatic nitrogens is 3. The van der Waals surface area contributed by atoms with Crippen molar-refractivity contribution in [2.45, 2.75) is 19.9 Å². The summed E-state index contributed by atoms with van der Waals surface area (Å²) in [7, 11) is 0. The van der Waals surface area contributed by atoms with Crippen LogP contribution in [0.3, 0.4) is 0 Å². The maximum atomic E-state index is 13.2. The molecule has 0 fully saturated rings. The maximum Gasteiger partial charge on any atom is 0.272 e.